The van der Waals surface area contributed by atoms with Gasteiger partial charge in [0, 0.05) is 26.2 Å². The first kappa shape index (κ1) is 12.9. The van der Waals surface area contributed by atoms with Crippen LogP contribution < -0.4 is 11.1 Å². The molecule has 0 bridgehead atoms. The molecule has 1 aliphatic carbocycles. The summed E-state index contributed by atoms with van der Waals surface area (Å²) in [6.45, 7) is 1.33. The maximum absolute atomic E-state index is 11.8. The Balaban J connectivity index is 1.81. The molecule has 0 unspecified atom stereocenters. The number of carbonyl (C=O) groups excluding carboxylic acids is 1. The number of nitrogens with zero attached hydrogens (tertiary/aromatic N) is 1. The first-order chi connectivity index (χ1) is 8.74. The molecule has 1 saturated carbocycles. The van der Waals surface area contributed by atoms with E-state index in [4.69, 9.17) is 10.5 Å². The molecule has 1 aliphatic rings. The van der Waals surface area contributed by atoms with Crippen LogP contribution in [0, 0.1) is 0 Å². The summed E-state index contributed by atoms with van der Waals surface area (Å²) >= 11 is 0. The summed E-state index contributed by atoms with van der Waals surface area (Å²) in [5.41, 5.74) is 7.67. The van der Waals surface area contributed by atoms with E-state index in [2.05, 4.69) is 15.5 Å². The summed E-state index contributed by atoms with van der Waals surface area (Å²) in [6, 6.07) is 0. The quantitative estimate of drug-likeness (QED) is 0.632. The lowest BCUT2D eigenvalue weighted by atomic mass is 10.2. The molecule has 1 amide bonds. The lowest BCUT2D eigenvalue weighted by Crippen LogP contribution is -2.25. The largest absolute Gasteiger partial charge is 0.395 e. The van der Waals surface area contributed by atoms with E-state index in [1.165, 1.54) is 0 Å². The Bertz CT molecular complexity index is 412. The van der Waals surface area contributed by atoms with Crippen LogP contribution in [0.5, 0.6) is 0 Å². The van der Waals surface area contributed by atoms with Crippen LogP contribution in [0.4, 0.5) is 5.69 Å². The molecule has 6 nitrogen and oxygen atoms in total. The SMILES string of the molecule is COCCCCNC(=O)c1n[nH]c(C2CC2)c1N. The van der Waals surface area contributed by atoms with Crippen molar-refractivity contribution in [2.45, 2.75) is 31.6 Å². The molecule has 0 aromatic carbocycles. The molecule has 1 aromatic heterocycles. The van der Waals surface area contributed by atoms with Crippen molar-refractivity contribution in [3.63, 3.8) is 0 Å². The maximum Gasteiger partial charge on any atom is 0.273 e. The minimum atomic E-state index is -0.201. The number of aromatic amines is 1. The Morgan fingerprint density at radius 1 is 1.56 bits per heavy atom. The number of rotatable bonds is 7. The number of carbonyl (C=O) groups is 1. The zero-order chi connectivity index (χ0) is 13.0. The molecule has 0 aliphatic heterocycles. The number of H-pyrrole nitrogens is 1. The second-order valence-corrected chi connectivity index (χ2v) is 4.63. The molecule has 0 radical (unpaired) electrons. The number of hydrogen-bond acceptors (Lipinski definition) is 4. The van der Waals surface area contributed by atoms with Gasteiger partial charge in [-0.15, -0.1) is 0 Å². The third-order valence-electron chi connectivity index (χ3n) is 3.09. The number of nitrogens with one attached hydrogen (secondary N) is 2. The molecular weight excluding hydrogens is 232 g/mol. The molecule has 1 aromatic rings. The van der Waals surface area contributed by atoms with Gasteiger partial charge in [0.1, 0.15) is 0 Å². The molecule has 1 fully saturated rings. The lowest BCUT2D eigenvalue weighted by molar-refractivity contribution is 0.0947. The average molecular weight is 252 g/mol. The van der Waals surface area contributed by atoms with Crippen LogP contribution in [0.3, 0.4) is 0 Å². The monoisotopic (exact) mass is 252 g/mol. The Morgan fingerprint density at radius 3 is 3.00 bits per heavy atom. The Labute approximate surface area is 106 Å². The second kappa shape index (κ2) is 5.86. The summed E-state index contributed by atoms with van der Waals surface area (Å²) < 4.78 is 4.94. The molecule has 6 heteroatoms. The Kier molecular flexibility index (Phi) is 4.19. The predicted octanol–water partition coefficient (Wildman–Crippen LogP) is 1.03. The van der Waals surface area contributed by atoms with Crippen LogP contribution in [-0.2, 0) is 4.74 Å². The van der Waals surface area contributed by atoms with Crippen molar-refractivity contribution in [2.75, 3.05) is 26.0 Å². The molecule has 0 atom stereocenters. The molecule has 4 N–H and O–H groups in total. The third-order valence-corrected chi connectivity index (χ3v) is 3.09. The third kappa shape index (κ3) is 3.01. The van der Waals surface area contributed by atoms with Crippen LogP contribution >= 0.6 is 0 Å². The fourth-order valence-electron chi connectivity index (χ4n) is 1.88. The van der Waals surface area contributed by atoms with E-state index in [1.54, 1.807) is 7.11 Å². The van der Waals surface area contributed by atoms with E-state index in [9.17, 15) is 4.79 Å². The number of nitrogens with two attached hydrogens (primary N) is 1. The lowest BCUT2D eigenvalue weighted by Gasteiger charge is -2.03. The zero-order valence-electron chi connectivity index (χ0n) is 10.7. The first-order valence-electron chi connectivity index (χ1n) is 6.35. The number of anilines is 1. The summed E-state index contributed by atoms with van der Waals surface area (Å²) in [5.74, 6) is 0.272. The molecule has 2 rings (SSSR count). The predicted molar refractivity (Wildman–Crippen MR) is 68.4 cm³/mol. The topological polar surface area (TPSA) is 93.0 Å². The number of unbranched alkanes of at least 4 members (excludes halogenated alkanes) is 1. The molecule has 0 saturated heterocycles. The summed E-state index contributed by atoms with van der Waals surface area (Å²) in [6.07, 6.45) is 4.08. The van der Waals surface area contributed by atoms with Gasteiger partial charge in [0.2, 0.25) is 0 Å². The highest BCUT2D eigenvalue weighted by atomic mass is 16.5. The number of ether oxygens (including phenoxy) is 1. The van der Waals surface area contributed by atoms with Crippen molar-refractivity contribution < 1.29 is 9.53 Å². The van der Waals surface area contributed by atoms with Crippen molar-refractivity contribution in [1.82, 2.24) is 15.5 Å². The highest BCUT2D eigenvalue weighted by molar-refractivity contribution is 5.97. The number of methoxy groups -OCH3 is 1. The van der Waals surface area contributed by atoms with Crippen LogP contribution in [-0.4, -0.2) is 36.4 Å². The van der Waals surface area contributed by atoms with Gasteiger partial charge in [-0.3, -0.25) is 9.89 Å². The van der Waals surface area contributed by atoms with Gasteiger partial charge < -0.3 is 15.8 Å². The highest BCUT2D eigenvalue weighted by Gasteiger charge is 2.30. The van der Waals surface area contributed by atoms with Gasteiger partial charge in [0.05, 0.1) is 11.4 Å². The van der Waals surface area contributed by atoms with Gasteiger partial charge in [-0.1, -0.05) is 0 Å². The second-order valence-electron chi connectivity index (χ2n) is 4.63. The van der Waals surface area contributed by atoms with Crippen LogP contribution in [0.1, 0.15) is 47.8 Å². The number of hydrogen-bond donors (Lipinski definition) is 3. The Hall–Kier alpha value is -1.56. The van der Waals surface area contributed by atoms with E-state index in [1.807, 2.05) is 0 Å². The molecular formula is C12H20N4O2. The number of nitrogen functional groups attached to an aromatic ring is 1. The van der Waals surface area contributed by atoms with Gasteiger partial charge in [0.25, 0.3) is 5.91 Å². The van der Waals surface area contributed by atoms with Crippen molar-refractivity contribution in [3.05, 3.63) is 11.4 Å². The van der Waals surface area contributed by atoms with Crippen molar-refractivity contribution >= 4 is 11.6 Å². The minimum Gasteiger partial charge on any atom is -0.395 e. The van der Waals surface area contributed by atoms with Crippen molar-refractivity contribution in [2.24, 2.45) is 0 Å². The number of amides is 1. The van der Waals surface area contributed by atoms with Crippen LogP contribution in [0.15, 0.2) is 0 Å². The van der Waals surface area contributed by atoms with E-state index in [-0.39, 0.29) is 5.91 Å². The molecule has 100 valence electrons. The fraction of sp³-hybridized carbons (Fsp3) is 0.667. The highest BCUT2D eigenvalue weighted by Crippen LogP contribution is 2.42. The van der Waals surface area contributed by atoms with E-state index in [0.29, 0.717) is 30.5 Å². The fourth-order valence-corrected chi connectivity index (χ4v) is 1.88. The maximum atomic E-state index is 11.8. The van der Waals surface area contributed by atoms with Gasteiger partial charge in [-0.2, -0.15) is 5.10 Å². The van der Waals surface area contributed by atoms with E-state index >= 15 is 0 Å². The first-order valence-corrected chi connectivity index (χ1v) is 6.35. The van der Waals surface area contributed by atoms with Crippen molar-refractivity contribution in [1.29, 1.82) is 0 Å². The summed E-state index contributed by atoms with van der Waals surface area (Å²) in [4.78, 5) is 11.8. The average Bonchev–Trinajstić information content (AvgIpc) is 3.12. The molecule has 1 heterocycles. The van der Waals surface area contributed by atoms with Gasteiger partial charge in [-0.25, -0.2) is 0 Å². The van der Waals surface area contributed by atoms with Crippen LogP contribution in [0.25, 0.3) is 0 Å². The minimum absolute atomic E-state index is 0.201. The summed E-state index contributed by atoms with van der Waals surface area (Å²) in [5, 5.41) is 9.69. The number of aromatic nitrogens is 2. The smallest absolute Gasteiger partial charge is 0.273 e. The normalized spacial score (nSPS) is 14.7. The van der Waals surface area contributed by atoms with Crippen molar-refractivity contribution in [3.8, 4) is 0 Å². The summed E-state index contributed by atoms with van der Waals surface area (Å²) in [7, 11) is 1.67. The van der Waals surface area contributed by atoms with Gasteiger partial charge >= 0.3 is 0 Å². The van der Waals surface area contributed by atoms with Gasteiger partial charge in [-0.05, 0) is 25.7 Å². The Morgan fingerprint density at radius 2 is 2.33 bits per heavy atom. The molecule has 0 spiro atoms. The molecule has 18 heavy (non-hydrogen) atoms. The van der Waals surface area contributed by atoms with Gasteiger partial charge in [0.15, 0.2) is 5.69 Å². The van der Waals surface area contributed by atoms with Crippen LogP contribution in [0.2, 0.25) is 0 Å². The standard InChI is InChI=1S/C12H20N4O2/c1-18-7-3-2-6-14-12(17)11-9(13)10(15-16-11)8-4-5-8/h8H,2-7,13H2,1H3,(H,14,17)(H,15,16). The van der Waals surface area contributed by atoms with E-state index < -0.39 is 0 Å². The zero-order valence-corrected chi connectivity index (χ0v) is 10.7. The van der Waals surface area contributed by atoms with E-state index in [0.717, 1.165) is 31.4 Å².